The Morgan fingerprint density at radius 1 is 0.865 bits per heavy atom. The van der Waals surface area contributed by atoms with Crippen molar-refractivity contribution in [2.75, 3.05) is 13.6 Å². The van der Waals surface area contributed by atoms with E-state index < -0.39 is 6.04 Å². The summed E-state index contributed by atoms with van der Waals surface area (Å²) in [6.45, 7) is 2.40. The van der Waals surface area contributed by atoms with Crippen LogP contribution in [0.15, 0.2) is 78.9 Å². The van der Waals surface area contributed by atoms with Gasteiger partial charge < -0.3 is 10.2 Å². The Morgan fingerprint density at radius 3 is 2.11 bits per heavy atom. The highest BCUT2D eigenvalue weighted by Gasteiger charge is 2.35. The molecule has 0 bridgehead atoms. The van der Waals surface area contributed by atoms with E-state index in [0.29, 0.717) is 24.0 Å². The van der Waals surface area contributed by atoms with E-state index in [2.05, 4.69) is 5.32 Å². The molecule has 0 saturated heterocycles. The minimum Gasteiger partial charge on any atom is -0.357 e. The summed E-state index contributed by atoms with van der Waals surface area (Å²) in [6, 6.07) is 23.5. The molecule has 3 aromatic rings. The van der Waals surface area contributed by atoms with Crippen LogP contribution in [0.5, 0.6) is 0 Å². The third kappa shape index (κ3) is 5.94. The van der Waals surface area contributed by atoms with E-state index in [1.54, 1.807) is 36.2 Å². The van der Waals surface area contributed by atoms with Gasteiger partial charge in [-0.1, -0.05) is 72.3 Å². The molecular formula is C30H31N3O4. The third-order valence-electron chi connectivity index (χ3n) is 6.60. The molecule has 1 atom stereocenters. The number of carbonyl (C=O) groups is 4. The molecule has 0 fully saturated rings. The Bertz CT molecular complexity index is 1270. The molecule has 7 heteroatoms. The van der Waals surface area contributed by atoms with Gasteiger partial charge in [-0.15, -0.1) is 0 Å². The number of aryl methyl sites for hydroxylation is 1. The van der Waals surface area contributed by atoms with Crippen molar-refractivity contribution in [3.63, 3.8) is 0 Å². The van der Waals surface area contributed by atoms with Crippen LogP contribution in [0.2, 0.25) is 0 Å². The zero-order chi connectivity index (χ0) is 26.4. The number of nitrogens with zero attached hydrogens (tertiary/aromatic N) is 2. The standard InChI is InChI=1S/C30H31N3O4/c1-21-10-8-13-23(18-21)20-33(26(28(35)31-2)19-22-11-4-3-5-12-22)27(34)16-9-17-32-29(36)24-14-6-7-15-25(24)30(32)37/h3-8,10-15,18,26H,9,16-17,19-20H2,1-2H3,(H,31,35)/t26-/m0/s1. The highest BCUT2D eigenvalue weighted by Crippen LogP contribution is 2.23. The van der Waals surface area contributed by atoms with Crippen LogP contribution >= 0.6 is 0 Å². The first kappa shape index (κ1) is 25.8. The van der Waals surface area contributed by atoms with Crippen molar-refractivity contribution in [3.8, 4) is 0 Å². The fourth-order valence-electron chi connectivity index (χ4n) is 4.70. The van der Waals surface area contributed by atoms with Gasteiger partial charge in [-0.2, -0.15) is 0 Å². The Morgan fingerprint density at radius 2 is 1.49 bits per heavy atom. The quantitative estimate of drug-likeness (QED) is 0.432. The average molecular weight is 498 g/mol. The normalized spacial score (nSPS) is 13.3. The monoisotopic (exact) mass is 497 g/mol. The highest BCUT2D eigenvalue weighted by molar-refractivity contribution is 6.21. The second-order valence-electron chi connectivity index (χ2n) is 9.24. The Kier molecular flexibility index (Phi) is 8.13. The van der Waals surface area contributed by atoms with Crippen LogP contribution in [-0.4, -0.2) is 53.1 Å². The lowest BCUT2D eigenvalue weighted by molar-refractivity contribution is -0.141. The molecule has 0 aliphatic carbocycles. The lowest BCUT2D eigenvalue weighted by Crippen LogP contribution is -2.49. The molecule has 7 nitrogen and oxygen atoms in total. The van der Waals surface area contributed by atoms with E-state index in [0.717, 1.165) is 16.7 Å². The number of nitrogens with one attached hydrogen (secondary N) is 1. The number of imide groups is 1. The van der Waals surface area contributed by atoms with Crippen molar-refractivity contribution in [2.24, 2.45) is 0 Å². The molecule has 1 aliphatic rings. The molecule has 4 amide bonds. The minimum absolute atomic E-state index is 0.0987. The molecule has 1 heterocycles. The van der Waals surface area contributed by atoms with Crippen molar-refractivity contribution >= 4 is 23.6 Å². The maximum absolute atomic E-state index is 13.6. The van der Waals surface area contributed by atoms with Crippen molar-refractivity contribution in [1.82, 2.24) is 15.1 Å². The summed E-state index contributed by atoms with van der Waals surface area (Å²) in [7, 11) is 1.57. The average Bonchev–Trinajstić information content (AvgIpc) is 3.15. The predicted molar refractivity (Wildman–Crippen MR) is 141 cm³/mol. The topological polar surface area (TPSA) is 86.8 Å². The molecule has 4 rings (SSSR count). The van der Waals surface area contributed by atoms with E-state index in [4.69, 9.17) is 0 Å². The number of hydrogen-bond acceptors (Lipinski definition) is 4. The minimum atomic E-state index is -0.709. The van der Waals surface area contributed by atoms with Crippen LogP contribution in [0.1, 0.15) is 50.2 Å². The van der Waals surface area contributed by atoms with E-state index in [-0.39, 0.29) is 43.1 Å². The molecule has 0 saturated carbocycles. The molecule has 3 aromatic carbocycles. The van der Waals surface area contributed by atoms with Crippen LogP contribution in [0.4, 0.5) is 0 Å². The first-order chi connectivity index (χ1) is 17.9. The fraction of sp³-hybridized carbons (Fsp3) is 0.267. The summed E-state index contributed by atoms with van der Waals surface area (Å²) in [5.74, 6) is -1.12. The molecule has 1 N–H and O–H groups in total. The number of likely N-dealkylation sites (N-methyl/N-ethyl adjacent to an activating group) is 1. The van der Waals surface area contributed by atoms with Crippen LogP contribution in [0.25, 0.3) is 0 Å². The van der Waals surface area contributed by atoms with Gasteiger partial charge in [0.25, 0.3) is 11.8 Å². The van der Waals surface area contributed by atoms with E-state index >= 15 is 0 Å². The first-order valence-corrected chi connectivity index (χ1v) is 12.4. The van der Waals surface area contributed by atoms with Gasteiger partial charge in [0.15, 0.2) is 0 Å². The van der Waals surface area contributed by atoms with Gasteiger partial charge in [0.1, 0.15) is 6.04 Å². The summed E-state index contributed by atoms with van der Waals surface area (Å²) in [6.07, 6.45) is 0.776. The smallest absolute Gasteiger partial charge is 0.261 e. The Hall–Kier alpha value is -4.26. The van der Waals surface area contributed by atoms with Gasteiger partial charge in [-0.05, 0) is 36.6 Å². The molecule has 0 unspecified atom stereocenters. The lowest BCUT2D eigenvalue weighted by Gasteiger charge is -2.31. The van der Waals surface area contributed by atoms with E-state index in [1.807, 2.05) is 61.5 Å². The molecule has 0 aromatic heterocycles. The molecular weight excluding hydrogens is 466 g/mol. The SMILES string of the molecule is CNC(=O)[C@H](Cc1ccccc1)N(Cc1cccc(C)c1)C(=O)CCCN1C(=O)c2ccccc2C1=O. The maximum atomic E-state index is 13.6. The summed E-state index contributed by atoms with van der Waals surface area (Å²) in [5, 5.41) is 2.71. The van der Waals surface area contributed by atoms with Crippen LogP contribution in [0, 0.1) is 6.92 Å². The van der Waals surface area contributed by atoms with Crippen molar-refractivity contribution in [3.05, 3.63) is 107 Å². The predicted octanol–water partition coefficient (Wildman–Crippen LogP) is 3.76. The van der Waals surface area contributed by atoms with E-state index in [9.17, 15) is 19.2 Å². The number of carbonyl (C=O) groups excluding carboxylic acids is 4. The largest absolute Gasteiger partial charge is 0.357 e. The third-order valence-corrected chi connectivity index (χ3v) is 6.60. The second-order valence-corrected chi connectivity index (χ2v) is 9.24. The molecule has 37 heavy (non-hydrogen) atoms. The van der Waals surface area contributed by atoms with Crippen molar-refractivity contribution < 1.29 is 19.2 Å². The van der Waals surface area contributed by atoms with Crippen molar-refractivity contribution in [1.29, 1.82) is 0 Å². The fourth-order valence-corrected chi connectivity index (χ4v) is 4.70. The van der Waals surface area contributed by atoms with Gasteiger partial charge in [0.05, 0.1) is 11.1 Å². The van der Waals surface area contributed by atoms with Crippen LogP contribution in [0.3, 0.4) is 0 Å². The summed E-state index contributed by atoms with van der Waals surface area (Å²) in [5.41, 5.74) is 3.72. The number of benzene rings is 3. The molecule has 1 aliphatic heterocycles. The Labute approximate surface area is 217 Å². The lowest BCUT2D eigenvalue weighted by atomic mass is 10.0. The van der Waals surface area contributed by atoms with Gasteiger partial charge >= 0.3 is 0 Å². The van der Waals surface area contributed by atoms with Crippen molar-refractivity contribution in [2.45, 2.75) is 38.8 Å². The zero-order valence-electron chi connectivity index (χ0n) is 21.1. The molecule has 0 spiro atoms. The maximum Gasteiger partial charge on any atom is 0.261 e. The Balaban J connectivity index is 1.51. The summed E-state index contributed by atoms with van der Waals surface area (Å²) < 4.78 is 0. The summed E-state index contributed by atoms with van der Waals surface area (Å²) >= 11 is 0. The molecule has 0 radical (unpaired) electrons. The zero-order valence-corrected chi connectivity index (χ0v) is 21.1. The van der Waals surface area contributed by atoms with Crippen LogP contribution in [-0.2, 0) is 22.6 Å². The van der Waals surface area contributed by atoms with E-state index in [1.165, 1.54) is 4.90 Å². The summed E-state index contributed by atoms with van der Waals surface area (Å²) in [4.78, 5) is 54.8. The van der Waals surface area contributed by atoms with Crippen LogP contribution < -0.4 is 5.32 Å². The first-order valence-electron chi connectivity index (χ1n) is 12.4. The van der Waals surface area contributed by atoms with Gasteiger partial charge in [-0.3, -0.25) is 24.1 Å². The number of fused-ring (bicyclic) bond motifs is 1. The highest BCUT2D eigenvalue weighted by atomic mass is 16.2. The number of rotatable bonds is 10. The molecule has 190 valence electrons. The van der Waals surface area contributed by atoms with Gasteiger partial charge in [0, 0.05) is 33.0 Å². The number of hydrogen-bond donors (Lipinski definition) is 1. The second kappa shape index (κ2) is 11.6. The van der Waals surface area contributed by atoms with Gasteiger partial charge in [0.2, 0.25) is 11.8 Å². The van der Waals surface area contributed by atoms with Gasteiger partial charge in [-0.25, -0.2) is 0 Å². The number of amides is 4.